The van der Waals surface area contributed by atoms with Crippen molar-refractivity contribution in [1.82, 2.24) is 34.8 Å². The van der Waals surface area contributed by atoms with E-state index in [4.69, 9.17) is 5.73 Å². The van der Waals surface area contributed by atoms with Gasteiger partial charge in [-0.25, -0.2) is 14.3 Å². The van der Waals surface area contributed by atoms with Crippen molar-refractivity contribution in [2.24, 2.45) is 0 Å². The Kier molecular flexibility index (Phi) is 10.7. The largest absolute Gasteiger partial charge is 0.418 e. The van der Waals surface area contributed by atoms with E-state index in [9.17, 15) is 27.6 Å². The number of hydrogen-bond donors (Lipinski definition) is 3. The average molecular weight is 748 g/mol. The van der Waals surface area contributed by atoms with Crippen LogP contribution in [0.4, 0.5) is 23.7 Å². The van der Waals surface area contributed by atoms with Gasteiger partial charge >= 0.3 is 17.9 Å². The van der Waals surface area contributed by atoms with Crippen LogP contribution in [0.15, 0.2) is 51.7 Å². The van der Waals surface area contributed by atoms with Gasteiger partial charge in [-0.2, -0.15) is 13.2 Å². The molecular weight excluding hydrogens is 705 g/mol. The maximum atomic E-state index is 14.0. The minimum Gasteiger partial charge on any atom is -0.397 e. The summed E-state index contributed by atoms with van der Waals surface area (Å²) in [6.45, 7) is 3.77. The second-order valence-electron chi connectivity index (χ2n) is 13.2. The maximum absolute atomic E-state index is 14.0. The van der Waals surface area contributed by atoms with E-state index < -0.39 is 29.5 Å². The lowest BCUT2D eigenvalue weighted by molar-refractivity contribution is -0.137. The van der Waals surface area contributed by atoms with Crippen molar-refractivity contribution >= 4 is 33.6 Å². The highest BCUT2D eigenvalue weighted by Crippen LogP contribution is 2.38. The lowest BCUT2D eigenvalue weighted by Crippen LogP contribution is -2.56. The Hall–Kier alpha value is -3.85. The molecule has 0 radical (unpaired) electrons. The molecular formula is C34H42BrF3N8O3. The number of aromatic nitrogens is 3. The molecule has 3 aliphatic rings. The molecule has 0 bridgehead atoms. The van der Waals surface area contributed by atoms with Crippen LogP contribution in [0, 0.1) is 0 Å². The number of nitrogens with one attached hydrogen (secondary N) is 2. The second kappa shape index (κ2) is 15.0. The first-order valence-corrected chi connectivity index (χ1v) is 17.7. The number of amides is 3. The Balaban J connectivity index is 1.14. The molecule has 15 heteroatoms. The van der Waals surface area contributed by atoms with Crippen molar-refractivity contribution in [1.29, 1.82) is 0 Å². The number of anilines is 1. The Morgan fingerprint density at radius 1 is 0.939 bits per heavy atom. The average Bonchev–Trinajstić information content (AvgIpc) is 3.51. The fourth-order valence-corrected chi connectivity index (χ4v) is 7.79. The fourth-order valence-electron chi connectivity index (χ4n) is 7.28. The van der Waals surface area contributed by atoms with Crippen LogP contribution in [0.5, 0.6) is 0 Å². The molecule has 3 aromatic rings. The summed E-state index contributed by atoms with van der Waals surface area (Å²) >= 11 is 3.14. The maximum Gasteiger partial charge on any atom is 0.418 e. The zero-order valence-electron chi connectivity index (χ0n) is 27.2. The number of carbonyl (C=O) groups excluding carboxylic acids is 2. The third-order valence-electron chi connectivity index (χ3n) is 10.00. The summed E-state index contributed by atoms with van der Waals surface area (Å²) < 4.78 is 43.0. The number of halogens is 4. The fraction of sp³-hybridized carbons (Fsp3) is 0.529. The molecule has 3 aliphatic heterocycles. The molecule has 6 rings (SSSR count). The van der Waals surface area contributed by atoms with Gasteiger partial charge in [-0.1, -0.05) is 36.8 Å². The van der Waals surface area contributed by atoms with Crippen LogP contribution < -0.4 is 16.7 Å². The first-order chi connectivity index (χ1) is 23.5. The number of nitrogen functional groups attached to an aromatic ring is 1. The van der Waals surface area contributed by atoms with Crippen molar-refractivity contribution in [3.8, 4) is 11.4 Å². The number of nitrogens with two attached hydrogens (primary N) is 1. The van der Waals surface area contributed by atoms with E-state index in [1.165, 1.54) is 30.0 Å². The molecule has 4 N–H and O–H groups in total. The molecule has 3 fully saturated rings. The van der Waals surface area contributed by atoms with Gasteiger partial charge in [0.25, 0.3) is 0 Å². The van der Waals surface area contributed by atoms with Crippen LogP contribution in [-0.4, -0.2) is 92.8 Å². The molecule has 264 valence electrons. The number of likely N-dealkylation sites (tertiary alicyclic amines) is 3. The van der Waals surface area contributed by atoms with Gasteiger partial charge in [-0.05, 0) is 85.2 Å². The molecule has 4 heterocycles. The SMILES string of the molecule is Nc1c(Br)cc(C[C@@H](NC(=O)N2CCC(n3nc(-c4ccccc4)[nH]c3=O)CC2)C(=O)N2CCC(N3CCCCC3)CC2)cc1C(F)(F)F. The molecule has 0 aliphatic carbocycles. The number of H-pyrrole nitrogens is 1. The number of alkyl halides is 3. The van der Waals surface area contributed by atoms with Gasteiger partial charge in [0.1, 0.15) is 6.04 Å². The zero-order valence-corrected chi connectivity index (χ0v) is 28.8. The van der Waals surface area contributed by atoms with Gasteiger partial charge in [0, 0.05) is 48.7 Å². The molecule has 2 aromatic carbocycles. The van der Waals surface area contributed by atoms with Crippen molar-refractivity contribution in [2.45, 2.75) is 75.7 Å². The van der Waals surface area contributed by atoms with E-state index in [0.717, 1.165) is 37.6 Å². The topological polar surface area (TPSA) is 133 Å². The Morgan fingerprint density at radius 3 is 2.22 bits per heavy atom. The molecule has 49 heavy (non-hydrogen) atoms. The lowest BCUT2D eigenvalue weighted by atomic mass is 9.97. The second-order valence-corrected chi connectivity index (χ2v) is 14.1. The van der Waals surface area contributed by atoms with Crippen LogP contribution >= 0.6 is 15.9 Å². The predicted molar refractivity (Wildman–Crippen MR) is 183 cm³/mol. The Bertz CT molecular complexity index is 1680. The highest BCUT2D eigenvalue weighted by Gasteiger charge is 2.37. The molecule has 3 saturated heterocycles. The highest BCUT2D eigenvalue weighted by atomic mass is 79.9. The molecule has 1 atom stereocenters. The number of aromatic amines is 1. The van der Waals surface area contributed by atoms with Gasteiger partial charge in [0.2, 0.25) is 5.91 Å². The van der Waals surface area contributed by atoms with Gasteiger partial charge in [0.15, 0.2) is 5.82 Å². The van der Waals surface area contributed by atoms with Crippen LogP contribution in [0.1, 0.15) is 62.1 Å². The first-order valence-electron chi connectivity index (χ1n) is 17.0. The molecule has 0 unspecified atom stereocenters. The Labute approximate surface area is 291 Å². The molecule has 1 aromatic heterocycles. The summed E-state index contributed by atoms with van der Waals surface area (Å²) in [4.78, 5) is 49.0. The first kappa shape index (κ1) is 35.0. The van der Waals surface area contributed by atoms with Crippen LogP contribution in [0.2, 0.25) is 0 Å². The summed E-state index contributed by atoms with van der Waals surface area (Å²) in [5, 5.41) is 7.36. The number of urea groups is 1. The van der Waals surface area contributed by atoms with Gasteiger partial charge in [-0.15, -0.1) is 5.10 Å². The Morgan fingerprint density at radius 2 is 1.57 bits per heavy atom. The van der Waals surface area contributed by atoms with E-state index >= 15 is 0 Å². The normalized spacial score (nSPS) is 19.2. The smallest absolute Gasteiger partial charge is 0.397 e. The number of hydrogen-bond acceptors (Lipinski definition) is 6. The minimum atomic E-state index is -4.69. The summed E-state index contributed by atoms with van der Waals surface area (Å²) in [5.74, 6) is 0.147. The van der Waals surface area contributed by atoms with Crippen molar-refractivity contribution < 1.29 is 22.8 Å². The molecule has 11 nitrogen and oxygen atoms in total. The summed E-state index contributed by atoms with van der Waals surface area (Å²) in [5.41, 5.74) is 4.99. The van der Waals surface area contributed by atoms with Crippen LogP contribution in [0.3, 0.4) is 0 Å². The third kappa shape index (κ3) is 8.14. The van der Waals surface area contributed by atoms with E-state index in [-0.39, 0.29) is 34.1 Å². The van der Waals surface area contributed by atoms with E-state index in [2.05, 4.69) is 36.2 Å². The molecule has 0 saturated carbocycles. The monoisotopic (exact) mass is 746 g/mol. The summed E-state index contributed by atoms with van der Waals surface area (Å²) in [7, 11) is 0. The number of benzene rings is 2. The molecule has 0 spiro atoms. The van der Waals surface area contributed by atoms with Gasteiger partial charge < -0.3 is 25.8 Å². The number of nitrogens with zero attached hydrogens (tertiary/aromatic N) is 5. The molecule has 3 amide bonds. The minimum absolute atomic E-state index is 0.0725. The van der Waals surface area contributed by atoms with Crippen molar-refractivity contribution in [2.75, 3.05) is 45.0 Å². The quantitative estimate of drug-likeness (QED) is 0.291. The van der Waals surface area contributed by atoms with Gasteiger partial charge in [-0.3, -0.25) is 9.78 Å². The summed E-state index contributed by atoms with van der Waals surface area (Å²) in [6, 6.07) is 10.3. The number of piperidine rings is 3. The van der Waals surface area contributed by atoms with E-state index in [1.54, 1.807) is 9.80 Å². The van der Waals surface area contributed by atoms with Crippen LogP contribution in [-0.2, 0) is 17.4 Å². The highest BCUT2D eigenvalue weighted by molar-refractivity contribution is 9.10. The van der Waals surface area contributed by atoms with Gasteiger partial charge in [0.05, 0.1) is 17.3 Å². The standard InChI is InChI=1S/C34H42BrF3N8O3/c35-27-20-22(19-26(29(27)39)34(36,37)38)21-28(31(47)44-15-9-24(10-16-44)43-13-5-2-6-14-43)40-32(48)45-17-11-25(12-18-45)46-33(49)41-30(42-46)23-7-3-1-4-8-23/h1,3-4,7-8,19-20,24-25,28H,2,5-6,9-18,21,39H2,(H,40,48)(H,41,42,49)/t28-/m1/s1. The van der Waals surface area contributed by atoms with Crippen molar-refractivity contribution in [3.63, 3.8) is 0 Å². The number of rotatable bonds is 7. The van der Waals surface area contributed by atoms with E-state index in [1.807, 2.05) is 30.3 Å². The number of carbonyl (C=O) groups is 2. The van der Waals surface area contributed by atoms with E-state index in [0.29, 0.717) is 50.9 Å². The van der Waals surface area contributed by atoms with Crippen LogP contribution in [0.25, 0.3) is 11.4 Å². The lowest BCUT2D eigenvalue weighted by Gasteiger charge is -2.41. The van der Waals surface area contributed by atoms with Crippen molar-refractivity contribution in [3.05, 3.63) is 68.5 Å². The third-order valence-corrected chi connectivity index (χ3v) is 10.7. The zero-order chi connectivity index (χ0) is 34.7. The predicted octanol–water partition coefficient (Wildman–Crippen LogP) is 5.04. The summed E-state index contributed by atoms with van der Waals surface area (Å²) in [6.07, 6.45) is 1.31.